The van der Waals surface area contributed by atoms with Crippen molar-refractivity contribution in [2.24, 2.45) is 7.05 Å². The van der Waals surface area contributed by atoms with Gasteiger partial charge in [0.15, 0.2) is 0 Å². The molecule has 0 aliphatic heterocycles. The van der Waals surface area contributed by atoms with E-state index in [0.29, 0.717) is 26.1 Å². The van der Waals surface area contributed by atoms with Crippen LogP contribution >= 0.6 is 0 Å². The minimum absolute atomic E-state index is 0.0152. The smallest absolute Gasteiger partial charge is 0.322 e. The molecule has 1 aromatic carbocycles. The molecular weight excluding hydrogens is 392 g/mol. The Morgan fingerprint density at radius 2 is 2.03 bits per heavy atom. The number of nitrogens with zero attached hydrogens (tertiary/aromatic N) is 3. The number of hydrogen-bond donors (Lipinski definition) is 1. The van der Waals surface area contributed by atoms with Crippen LogP contribution in [0.5, 0.6) is 0 Å². The van der Waals surface area contributed by atoms with Gasteiger partial charge in [-0.25, -0.2) is 4.79 Å². The molecule has 31 heavy (non-hydrogen) atoms. The summed E-state index contributed by atoms with van der Waals surface area (Å²) in [6.07, 6.45) is 5.61. The molecule has 1 aliphatic carbocycles. The maximum Gasteiger partial charge on any atom is 0.322 e. The molecule has 0 bridgehead atoms. The molecule has 3 rings (SSSR count). The summed E-state index contributed by atoms with van der Waals surface area (Å²) in [5.74, 6) is -0.0152. The van der Waals surface area contributed by atoms with Gasteiger partial charge in [0.2, 0.25) is 5.91 Å². The second-order valence-electron chi connectivity index (χ2n) is 8.12. The number of urea groups is 1. The number of nitrogens with one attached hydrogen (secondary N) is 1. The standard InChI is InChI=1S/C24H34N4O3/c1-4-19-8-5-9-20(16-19)25-24(30)27(14-7-15-31-3)18-23(29)28(21-11-12-21)17-22-10-6-13-26(22)2/h5-6,8-10,13,16,21H,4,7,11-12,14-15,17-18H2,1-3H3,(H,25,30). The Balaban J connectivity index is 1.68. The Kier molecular flexibility index (Phi) is 8.12. The lowest BCUT2D eigenvalue weighted by Gasteiger charge is -2.28. The zero-order chi connectivity index (χ0) is 22.2. The van der Waals surface area contributed by atoms with E-state index in [-0.39, 0.29) is 24.5 Å². The lowest BCUT2D eigenvalue weighted by molar-refractivity contribution is -0.133. The highest BCUT2D eigenvalue weighted by atomic mass is 16.5. The topological polar surface area (TPSA) is 66.8 Å². The van der Waals surface area contributed by atoms with Gasteiger partial charge in [0.05, 0.1) is 6.54 Å². The Bertz CT molecular complexity index is 875. The van der Waals surface area contributed by atoms with E-state index in [1.165, 1.54) is 0 Å². The Labute approximate surface area is 185 Å². The minimum Gasteiger partial charge on any atom is -0.385 e. The van der Waals surface area contributed by atoms with Crippen molar-refractivity contribution in [1.82, 2.24) is 14.4 Å². The minimum atomic E-state index is -0.257. The Morgan fingerprint density at radius 1 is 1.23 bits per heavy atom. The molecule has 0 radical (unpaired) electrons. The van der Waals surface area contributed by atoms with Gasteiger partial charge in [-0.1, -0.05) is 19.1 Å². The van der Waals surface area contributed by atoms with E-state index in [0.717, 1.165) is 36.2 Å². The predicted octanol–water partition coefficient (Wildman–Crippen LogP) is 3.65. The molecule has 0 saturated heterocycles. The summed E-state index contributed by atoms with van der Waals surface area (Å²) in [6.45, 7) is 3.71. The van der Waals surface area contributed by atoms with Crippen LogP contribution in [0.25, 0.3) is 0 Å². The van der Waals surface area contributed by atoms with Crippen molar-refractivity contribution in [3.8, 4) is 0 Å². The fourth-order valence-electron chi connectivity index (χ4n) is 3.62. The number of anilines is 1. The third-order valence-corrected chi connectivity index (χ3v) is 5.67. The number of carbonyl (C=O) groups is 2. The van der Waals surface area contributed by atoms with Crippen LogP contribution in [0.15, 0.2) is 42.6 Å². The SMILES string of the molecule is CCc1cccc(NC(=O)N(CCCOC)CC(=O)N(Cc2cccn2C)C2CC2)c1. The molecule has 1 fully saturated rings. The van der Waals surface area contributed by atoms with Crippen molar-refractivity contribution < 1.29 is 14.3 Å². The van der Waals surface area contributed by atoms with Crippen LogP contribution in [0.1, 0.15) is 37.4 Å². The molecule has 1 aliphatic rings. The van der Waals surface area contributed by atoms with Gasteiger partial charge in [0.1, 0.15) is 6.54 Å². The highest BCUT2D eigenvalue weighted by molar-refractivity contribution is 5.92. The quantitative estimate of drug-likeness (QED) is 0.558. The molecule has 1 N–H and O–H groups in total. The van der Waals surface area contributed by atoms with Crippen LogP contribution in [0.4, 0.5) is 10.5 Å². The van der Waals surface area contributed by atoms with Crippen molar-refractivity contribution in [1.29, 1.82) is 0 Å². The van der Waals surface area contributed by atoms with Gasteiger partial charge in [0, 0.05) is 50.9 Å². The Morgan fingerprint density at radius 3 is 2.68 bits per heavy atom. The molecule has 2 aromatic rings. The fraction of sp³-hybridized carbons (Fsp3) is 0.500. The molecule has 0 atom stereocenters. The zero-order valence-electron chi connectivity index (χ0n) is 18.8. The average Bonchev–Trinajstić information content (AvgIpc) is 3.53. The summed E-state index contributed by atoms with van der Waals surface area (Å²) in [5, 5.41) is 2.96. The van der Waals surface area contributed by atoms with Crippen LogP contribution in [0.2, 0.25) is 0 Å². The summed E-state index contributed by atoms with van der Waals surface area (Å²) < 4.78 is 7.18. The molecule has 1 saturated carbocycles. The molecule has 1 aromatic heterocycles. The number of aromatic nitrogens is 1. The van der Waals surface area contributed by atoms with E-state index in [2.05, 4.69) is 12.2 Å². The normalized spacial score (nSPS) is 13.1. The highest BCUT2D eigenvalue weighted by Crippen LogP contribution is 2.28. The molecule has 7 nitrogen and oxygen atoms in total. The fourth-order valence-corrected chi connectivity index (χ4v) is 3.62. The molecule has 0 spiro atoms. The van der Waals surface area contributed by atoms with Crippen LogP contribution in [0, 0.1) is 0 Å². The lowest BCUT2D eigenvalue weighted by atomic mass is 10.1. The van der Waals surface area contributed by atoms with Gasteiger partial charge in [-0.3, -0.25) is 4.79 Å². The second kappa shape index (κ2) is 11.0. The number of amides is 3. The first kappa shape index (κ1) is 22.9. The maximum absolute atomic E-state index is 13.2. The first-order valence-corrected chi connectivity index (χ1v) is 11.0. The van der Waals surface area contributed by atoms with Crippen molar-refractivity contribution in [3.63, 3.8) is 0 Å². The first-order chi connectivity index (χ1) is 15.0. The van der Waals surface area contributed by atoms with Crippen LogP contribution in [0.3, 0.4) is 0 Å². The van der Waals surface area contributed by atoms with Crippen molar-refractivity contribution in [3.05, 3.63) is 53.9 Å². The van der Waals surface area contributed by atoms with Crippen molar-refractivity contribution in [2.45, 2.75) is 45.2 Å². The predicted molar refractivity (Wildman–Crippen MR) is 122 cm³/mol. The van der Waals surface area contributed by atoms with Gasteiger partial charge in [-0.2, -0.15) is 0 Å². The number of hydrogen-bond acceptors (Lipinski definition) is 3. The third kappa shape index (κ3) is 6.59. The first-order valence-electron chi connectivity index (χ1n) is 11.0. The average molecular weight is 427 g/mol. The summed E-state index contributed by atoms with van der Waals surface area (Å²) in [6, 6.07) is 11.8. The Hall–Kier alpha value is -2.80. The third-order valence-electron chi connectivity index (χ3n) is 5.67. The molecule has 7 heteroatoms. The number of carbonyl (C=O) groups excluding carboxylic acids is 2. The monoisotopic (exact) mass is 426 g/mol. The van der Waals surface area contributed by atoms with Gasteiger partial charge < -0.3 is 24.4 Å². The number of aryl methyl sites for hydroxylation is 2. The van der Waals surface area contributed by atoms with Gasteiger partial charge >= 0.3 is 6.03 Å². The molecule has 0 unspecified atom stereocenters. The molecular formula is C24H34N4O3. The van der Waals surface area contributed by atoms with E-state index in [1.54, 1.807) is 12.0 Å². The van der Waals surface area contributed by atoms with Crippen molar-refractivity contribution in [2.75, 3.05) is 32.1 Å². The van der Waals surface area contributed by atoms with Crippen LogP contribution in [-0.2, 0) is 29.5 Å². The summed E-state index contributed by atoms with van der Waals surface area (Å²) in [4.78, 5) is 29.8. The number of rotatable bonds is 11. The molecule has 3 amide bonds. The van der Waals surface area contributed by atoms with E-state index < -0.39 is 0 Å². The van der Waals surface area contributed by atoms with E-state index in [1.807, 2.05) is 59.1 Å². The van der Waals surface area contributed by atoms with E-state index >= 15 is 0 Å². The van der Waals surface area contributed by atoms with Gasteiger partial charge in [-0.15, -0.1) is 0 Å². The summed E-state index contributed by atoms with van der Waals surface area (Å²) in [7, 11) is 3.63. The lowest BCUT2D eigenvalue weighted by Crippen LogP contribution is -2.45. The van der Waals surface area contributed by atoms with Crippen molar-refractivity contribution >= 4 is 17.6 Å². The van der Waals surface area contributed by atoms with Crippen LogP contribution in [-0.4, -0.2) is 59.2 Å². The number of methoxy groups -OCH3 is 1. The number of ether oxygens (including phenoxy) is 1. The largest absolute Gasteiger partial charge is 0.385 e. The summed E-state index contributed by atoms with van der Waals surface area (Å²) in [5.41, 5.74) is 2.99. The maximum atomic E-state index is 13.2. The molecule has 168 valence electrons. The van der Waals surface area contributed by atoms with Crippen LogP contribution < -0.4 is 5.32 Å². The van der Waals surface area contributed by atoms with Gasteiger partial charge in [-0.05, 0) is 55.5 Å². The highest BCUT2D eigenvalue weighted by Gasteiger charge is 2.34. The zero-order valence-corrected chi connectivity index (χ0v) is 18.8. The number of benzene rings is 1. The summed E-state index contributed by atoms with van der Waals surface area (Å²) >= 11 is 0. The second-order valence-corrected chi connectivity index (χ2v) is 8.12. The van der Waals surface area contributed by atoms with E-state index in [4.69, 9.17) is 4.74 Å². The van der Waals surface area contributed by atoms with Gasteiger partial charge in [0.25, 0.3) is 0 Å². The molecule has 1 heterocycles. The van der Waals surface area contributed by atoms with E-state index in [9.17, 15) is 9.59 Å².